The fourth-order valence-corrected chi connectivity index (χ4v) is 4.94. The van der Waals surface area contributed by atoms with Gasteiger partial charge in [0.05, 0.1) is 0 Å². The highest BCUT2D eigenvalue weighted by Crippen LogP contribution is 2.47. The summed E-state index contributed by atoms with van der Waals surface area (Å²) in [6, 6.07) is 26.2. The standard InChI is InChI=1S/C27H23ClN4O2S/c28-20-13-11-19(12-14-20)26-31-32-27(35-26)30-25(34)23(15-17-7-3-1-4-8-17)29-24(33)22-16-21(22)18-9-5-2-6-10-18/h1-14,21-23H,15-16H2,(H,29,33)(H,30,32,34)/t21-,22?,23?/m0/s1. The van der Waals surface area contributed by atoms with Crippen molar-refractivity contribution in [3.8, 4) is 10.6 Å². The van der Waals surface area contributed by atoms with E-state index in [-0.39, 0.29) is 23.7 Å². The molecule has 0 bridgehead atoms. The van der Waals surface area contributed by atoms with Crippen LogP contribution in [0.15, 0.2) is 84.9 Å². The molecule has 35 heavy (non-hydrogen) atoms. The maximum Gasteiger partial charge on any atom is 0.249 e. The van der Waals surface area contributed by atoms with E-state index >= 15 is 0 Å². The Morgan fingerprint density at radius 1 is 0.943 bits per heavy atom. The Labute approximate surface area is 212 Å². The summed E-state index contributed by atoms with van der Waals surface area (Å²) in [5.41, 5.74) is 2.98. The van der Waals surface area contributed by atoms with Gasteiger partial charge in [-0.25, -0.2) is 0 Å². The average Bonchev–Trinajstić information content (AvgIpc) is 3.57. The summed E-state index contributed by atoms with van der Waals surface area (Å²) in [5, 5.41) is 15.8. The Kier molecular flexibility index (Phi) is 6.88. The molecule has 8 heteroatoms. The zero-order valence-electron chi connectivity index (χ0n) is 18.7. The first-order valence-corrected chi connectivity index (χ1v) is 12.6. The third kappa shape index (κ3) is 5.75. The Hall–Kier alpha value is -3.55. The summed E-state index contributed by atoms with van der Waals surface area (Å²) in [5.74, 6) is -0.352. The molecule has 2 amide bonds. The van der Waals surface area contributed by atoms with Crippen LogP contribution in [-0.4, -0.2) is 28.1 Å². The fraction of sp³-hybridized carbons (Fsp3) is 0.185. The number of carbonyl (C=O) groups is 2. The van der Waals surface area contributed by atoms with Crippen LogP contribution in [0.3, 0.4) is 0 Å². The number of rotatable bonds is 8. The van der Waals surface area contributed by atoms with Crippen LogP contribution in [0.1, 0.15) is 23.5 Å². The molecular weight excluding hydrogens is 480 g/mol. The van der Waals surface area contributed by atoms with Gasteiger partial charge in [0.2, 0.25) is 16.9 Å². The number of carbonyl (C=O) groups excluding carboxylic acids is 2. The number of hydrogen-bond donors (Lipinski definition) is 2. The van der Waals surface area contributed by atoms with Gasteiger partial charge in [0.15, 0.2) is 0 Å². The molecule has 2 unspecified atom stereocenters. The molecule has 3 atom stereocenters. The van der Waals surface area contributed by atoms with E-state index in [1.54, 1.807) is 12.1 Å². The molecule has 0 aliphatic heterocycles. The molecule has 0 saturated heterocycles. The molecule has 1 aliphatic carbocycles. The molecule has 3 aromatic carbocycles. The molecule has 5 rings (SSSR count). The smallest absolute Gasteiger partial charge is 0.249 e. The topological polar surface area (TPSA) is 84.0 Å². The van der Waals surface area contributed by atoms with Gasteiger partial charge >= 0.3 is 0 Å². The first kappa shape index (κ1) is 23.2. The minimum atomic E-state index is -0.732. The summed E-state index contributed by atoms with van der Waals surface area (Å²) in [7, 11) is 0. The zero-order chi connectivity index (χ0) is 24.2. The third-order valence-corrected chi connectivity index (χ3v) is 7.16. The van der Waals surface area contributed by atoms with Gasteiger partial charge in [0.25, 0.3) is 0 Å². The van der Waals surface area contributed by atoms with E-state index in [0.29, 0.717) is 21.6 Å². The lowest BCUT2D eigenvalue weighted by Crippen LogP contribution is -2.46. The molecular formula is C27H23ClN4O2S. The molecule has 1 aromatic heterocycles. The predicted octanol–water partition coefficient (Wildman–Crippen LogP) is 5.33. The summed E-state index contributed by atoms with van der Waals surface area (Å²) >= 11 is 7.23. The van der Waals surface area contributed by atoms with Crippen LogP contribution >= 0.6 is 22.9 Å². The van der Waals surface area contributed by atoms with Crippen molar-refractivity contribution in [1.82, 2.24) is 15.5 Å². The van der Waals surface area contributed by atoms with Crippen LogP contribution in [0.2, 0.25) is 5.02 Å². The molecule has 6 nitrogen and oxygen atoms in total. The fourth-order valence-electron chi connectivity index (χ4n) is 4.07. The quantitative estimate of drug-likeness (QED) is 0.341. The molecule has 1 fully saturated rings. The summed E-state index contributed by atoms with van der Waals surface area (Å²) in [4.78, 5) is 26.3. The zero-order valence-corrected chi connectivity index (χ0v) is 20.3. The second-order valence-corrected chi connectivity index (χ2v) is 9.93. The summed E-state index contributed by atoms with van der Waals surface area (Å²) < 4.78 is 0. The van der Waals surface area contributed by atoms with Gasteiger partial charge in [-0.15, -0.1) is 10.2 Å². The molecule has 1 aliphatic rings. The number of nitrogens with one attached hydrogen (secondary N) is 2. The SMILES string of the molecule is O=C(Nc1nnc(-c2ccc(Cl)cc2)s1)C(Cc1ccccc1)NC(=O)C1C[C@H]1c1ccccc1. The normalized spacial score (nSPS) is 17.4. The summed E-state index contributed by atoms with van der Waals surface area (Å²) in [6.45, 7) is 0. The van der Waals surface area contributed by atoms with Crippen LogP contribution in [0.5, 0.6) is 0 Å². The van der Waals surface area contributed by atoms with Gasteiger partial charge < -0.3 is 5.32 Å². The Morgan fingerprint density at radius 2 is 1.63 bits per heavy atom. The Bertz CT molecular complexity index is 1310. The molecule has 0 spiro atoms. The van der Waals surface area contributed by atoms with Crippen molar-refractivity contribution < 1.29 is 9.59 Å². The first-order valence-electron chi connectivity index (χ1n) is 11.4. The van der Waals surface area contributed by atoms with Crippen molar-refractivity contribution in [1.29, 1.82) is 0 Å². The highest BCUT2D eigenvalue weighted by Gasteiger charge is 2.44. The lowest BCUT2D eigenvalue weighted by molar-refractivity contribution is -0.127. The van der Waals surface area contributed by atoms with Gasteiger partial charge in [-0.3, -0.25) is 14.9 Å². The number of anilines is 1. The van der Waals surface area contributed by atoms with Gasteiger partial charge in [0.1, 0.15) is 11.0 Å². The van der Waals surface area contributed by atoms with E-state index in [2.05, 4.69) is 20.8 Å². The average molecular weight is 503 g/mol. The van der Waals surface area contributed by atoms with Crippen LogP contribution in [0.25, 0.3) is 10.6 Å². The summed E-state index contributed by atoms with van der Waals surface area (Å²) in [6.07, 6.45) is 1.17. The number of benzene rings is 3. The second kappa shape index (κ2) is 10.4. The first-order chi connectivity index (χ1) is 17.1. The molecule has 1 heterocycles. The van der Waals surface area contributed by atoms with E-state index < -0.39 is 6.04 Å². The minimum Gasteiger partial charge on any atom is -0.344 e. The van der Waals surface area contributed by atoms with E-state index in [0.717, 1.165) is 23.1 Å². The maximum atomic E-state index is 13.2. The van der Waals surface area contributed by atoms with Gasteiger partial charge in [-0.05, 0) is 35.6 Å². The van der Waals surface area contributed by atoms with E-state index in [1.807, 2.05) is 72.8 Å². The van der Waals surface area contributed by atoms with Gasteiger partial charge in [0, 0.05) is 22.9 Å². The minimum absolute atomic E-state index is 0.103. The molecule has 1 saturated carbocycles. The highest BCUT2D eigenvalue weighted by molar-refractivity contribution is 7.18. The predicted molar refractivity (Wildman–Crippen MR) is 138 cm³/mol. The Balaban J connectivity index is 1.28. The van der Waals surface area contributed by atoms with Crippen molar-refractivity contribution in [2.24, 2.45) is 5.92 Å². The second-order valence-electron chi connectivity index (χ2n) is 8.52. The molecule has 4 aromatic rings. The van der Waals surface area contributed by atoms with Gasteiger partial charge in [-0.1, -0.05) is 95.7 Å². The monoisotopic (exact) mass is 502 g/mol. The van der Waals surface area contributed by atoms with Gasteiger partial charge in [-0.2, -0.15) is 0 Å². The Morgan fingerprint density at radius 3 is 2.34 bits per heavy atom. The van der Waals surface area contributed by atoms with Crippen LogP contribution < -0.4 is 10.6 Å². The third-order valence-electron chi connectivity index (χ3n) is 6.02. The van der Waals surface area contributed by atoms with Crippen LogP contribution in [-0.2, 0) is 16.0 Å². The number of aromatic nitrogens is 2. The number of nitrogens with zero attached hydrogens (tertiary/aromatic N) is 2. The number of hydrogen-bond acceptors (Lipinski definition) is 5. The lowest BCUT2D eigenvalue weighted by atomic mass is 10.0. The van der Waals surface area contributed by atoms with Crippen molar-refractivity contribution >= 4 is 39.9 Å². The molecule has 0 radical (unpaired) electrons. The van der Waals surface area contributed by atoms with Crippen molar-refractivity contribution in [3.05, 3.63) is 101 Å². The molecule has 2 N–H and O–H groups in total. The van der Waals surface area contributed by atoms with E-state index in [1.165, 1.54) is 11.3 Å². The van der Waals surface area contributed by atoms with Crippen LogP contribution in [0, 0.1) is 5.92 Å². The van der Waals surface area contributed by atoms with Crippen molar-refractivity contribution in [2.75, 3.05) is 5.32 Å². The highest BCUT2D eigenvalue weighted by atomic mass is 35.5. The number of halogens is 1. The molecule has 176 valence electrons. The maximum absolute atomic E-state index is 13.2. The van der Waals surface area contributed by atoms with Crippen LogP contribution in [0.4, 0.5) is 5.13 Å². The lowest BCUT2D eigenvalue weighted by Gasteiger charge is -2.18. The van der Waals surface area contributed by atoms with E-state index in [9.17, 15) is 9.59 Å². The van der Waals surface area contributed by atoms with E-state index in [4.69, 9.17) is 11.6 Å². The number of amides is 2. The largest absolute Gasteiger partial charge is 0.344 e. The van der Waals surface area contributed by atoms with Crippen molar-refractivity contribution in [3.63, 3.8) is 0 Å². The van der Waals surface area contributed by atoms with Crippen molar-refractivity contribution in [2.45, 2.75) is 24.8 Å².